The summed E-state index contributed by atoms with van der Waals surface area (Å²) in [5.41, 5.74) is -0.0184. The Kier molecular flexibility index (Phi) is 5.05. The second-order valence-corrected chi connectivity index (χ2v) is 5.80. The average Bonchev–Trinajstić information content (AvgIpc) is 2.54. The van der Waals surface area contributed by atoms with Crippen LogP contribution in [0.15, 0.2) is 46.1 Å². The van der Waals surface area contributed by atoms with Gasteiger partial charge in [0, 0.05) is 31.4 Å². The van der Waals surface area contributed by atoms with Crippen LogP contribution < -0.4 is 11.2 Å². The van der Waals surface area contributed by atoms with Gasteiger partial charge in [-0.2, -0.15) is 0 Å². The van der Waals surface area contributed by atoms with Gasteiger partial charge in [-0.05, 0) is 24.6 Å². The molecule has 1 aromatic heterocycles. The number of rotatable bonds is 4. The first kappa shape index (κ1) is 17.0. The Bertz CT molecular complexity index is 841. The number of benzene rings is 1. The Labute approximate surface area is 138 Å². The van der Waals surface area contributed by atoms with Gasteiger partial charge in [0.1, 0.15) is 6.54 Å². The van der Waals surface area contributed by atoms with E-state index in [4.69, 9.17) is 11.6 Å². The summed E-state index contributed by atoms with van der Waals surface area (Å²) in [5, 5.41) is 0.601. The highest BCUT2D eigenvalue weighted by Crippen LogP contribution is 2.21. The zero-order valence-electron chi connectivity index (χ0n) is 13.2. The Morgan fingerprint density at radius 2 is 2.00 bits per heavy atom. The lowest BCUT2D eigenvalue weighted by Gasteiger charge is -2.26. The molecule has 0 aliphatic rings. The van der Waals surface area contributed by atoms with Crippen LogP contribution in [-0.2, 0) is 18.4 Å². The van der Waals surface area contributed by atoms with E-state index in [0.29, 0.717) is 5.02 Å². The molecule has 0 radical (unpaired) electrons. The summed E-state index contributed by atoms with van der Waals surface area (Å²) in [6.07, 6.45) is 1.33. The molecule has 1 heterocycles. The number of carbonyl (C=O) groups excluding carboxylic acids is 1. The summed E-state index contributed by atoms with van der Waals surface area (Å²) in [7, 11) is 3.05. The Morgan fingerprint density at radius 3 is 2.65 bits per heavy atom. The molecule has 0 N–H and O–H groups in total. The van der Waals surface area contributed by atoms with Gasteiger partial charge in [0.15, 0.2) is 0 Å². The fourth-order valence-electron chi connectivity index (χ4n) is 2.20. The van der Waals surface area contributed by atoms with Crippen molar-refractivity contribution < 1.29 is 4.79 Å². The topological polar surface area (TPSA) is 64.3 Å². The first-order chi connectivity index (χ1) is 10.8. The standard InChI is InChI=1S/C16H18ClN3O3/c1-11(12-5-4-6-13(17)9-12)18(2)15(22)10-20-8-7-14(21)19(3)16(20)23/h4-9,11H,10H2,1-3H3. The fourth-order valence-corrected chi connectivity index (χ4v) is 2.40. The monoisotopic (exact) mass is 335 g/mol. The molecule has 1 unspecified atom stereocenters. The minimum atomic E-state index is -0.519. The molecule has 2 rings (SSSR count). The van der Waals surface area contributed by atoms with Gasteiger partial charge in [-0.25, -0.2) is 4.79 Å². The maximum Gasteiger partial charge on any atom is 0.331 e. The van der Waals surface area contributed by atoms with Crippen molar-refractivity contribution in [1.29, 1.82) is 0 Å². The number of likely N-dealkylation sites (N-methyl/N-ethyl adjacent to an activating group) is 1. The quantitative estimate of drug-likeness (QED) is 0.849. The van der Waals surface area contributed by atoms with Gasteiger partial charge in [0.05, 0.1) is 6.04 Å². The largest absolute Gasteiger partial charge is 0.337 e. The number of hydrogen-bond acceptors (Lipinski definition) is 3. The molecule has 0 spiro atoms. The molecule has 0 saturated heterocycles. The highest BCUT2D eigenvalue weighted by molar-refractivity contribution is 6.30. The SMILES string of the molecule is CC(c1cccc(Cl)c1)N(C)C(=O)Cn1ccc(=O)n(C)c1=O. The zero-order chi connectivity index (χ0) is 17.1. The number of halogens is 1. The van der Waals surface area contributed by atoms with Gasteiger partial charge in [-0.1, -0.05) is 23.7 Å². The number of carbonyl (C=O) groups is 1. The normalized spacial score (nSPS) is 12.0. The van der Waals surface area contributed by atoms with Crippen molar-refractivity contribution in [2.75, 3.05) is 7.05 Å². The van der Waals surface area contributed by atoms with E-state index in [1.807, 2.05) is 19.1 Å². The molecule has 7 heteroatoms. The smallest absolute Gasteiger partial charge is 0.331 e. The van der Waals surface area contributed by atoms with Crippen LogP contribution in [0.3, 0.4) is 0 Å². The van der Waals surface area contributed by atoms with Gasteiger partial charge in [0.2, 0.25) is 5.91 Å². The van der Waals surface area contributed by atoms with Crippen LogP contribution in [0.5, 0.6) is 0 Å². The Morgan fingerprint density at radius 1 is 1.30 bits per heavy atom. The second kappa shape index (κ2) is 6.83. The molecule has 1 atom stereocenters. The number of aromatic nitrogens is 2. The fraction of sp³-hybridized carbons (Fsp3) is 0.312. The van der Waals surface area contributed by atoms with E-state index in [0.717, 1.165) is 10.1 Å². The molecule has 0 bridgehead atoms. The molecule has 122 valence electrons. The maximum atomic E-state index is 12.4. The summed E-state index contributed by atoms with van der Waals surface area (Å²) in [4.78, 5) is 37.3. The summed E-state index contributed by atoms with van der Waals surface area (Å²) < 4.78 is 2.18. The van der Waals surface area contributed by atoms with Crippen molar-refractivity contribution >= 4 is 17.5 Å². The maximum absolute atomic E-state index is 12.4. The zero-order valence-corrected chi connectivity index (χ0v) is 13.9. The first-order valence-electron chi connectivity index (χ1n) is 7.09. The van der Waals surface area contributed by atoms with Gasteiger partial charge in [-0.15, -0.1) is 0 Å². The first-order valence-corrected chi connectivity index (χ1v) is 7.46. The van der Waals surface area contributed by atoms with Crippen molar-refractivity contribution in [3.8, 4) is 0 Å². The molecule has 6 nitrogen and oxygen atoms in total. The van der Waals surface area contributed by atoms with E-state index in [1.54, 1.807) is 24.1 Å². The lowest BCUT2D eigenvalue weighted by Crippen LogP contribution is -2.41. The van der Waals surface area contributed by atoms with Gasteiger partial charge >= 0.3 is 5.69 Å². The van der Waals surface area contributed by atoms with Crippen molar-refractivity contribution in [2.45, 2.75) is 19.5 Å². The lowest BCUT2D eigenvalue weighted by atomic mass is 10.1. The highest BCUT2D eigenvalue weighted by Gasteiger charge is 2.18. The summed E-state index contributed by atoms with van der Waals surface area (Å²) in [5.74, 6) is -0.238. The average molecular weight is 336 g/mol. The third kappa shape index (κ3) is 3.71. The van der Waals surface area contributed by atoms with Gasteiger partial charge in [0.25, 0.3) is 5.56 Å². The van der Waals surface area contributed by atoms with Crippen LogP contribution in [0.4, 0.5) is 0 Å². The van der Waals surface area contributed by atoms with Gasteiger partial charge in [-0.3, -0.25) is 18.7 Å². The molecular weight excluding hydrogens is 318 g/mol. The minimum Gasteiger partial charge on any atom is -0.337 e. The predicted molar refractivity (Wildman–Crippen MR) is 88.6 cm³/mol. The van der Waals surface area contributed by atoms with E-state index in [1.165, 1.54) is 23.9 Å². The molecule has 1 aromatic carbocycles. The molecule has 2 aromatic rings. The number of amides is 1. The third-order valence-corrected chi connectivity index (χ3v) is 4.11. The second-order valence-electron chi connectivity index (χ2n) is 5.36. The molecule has 1 amide bonds. The van der Waals surface area contributed by atoms with Crippen molar-refractivity contribution in [3.05, 3.63) is 68.0 Å². The van der Waals surface area contributed by atoms with Crippen LogP contribution in [0, 0.1) is 0 Å². The van der Waals surface area contributed by atoms with E-state index in [-0.39, 0.29) is 18.5 Å². The minimum absolute atomic E-state index is 0.131. The van der Waals surface area contributed by atoms with Crippen LogP contribution in [0.1, 0.15) is 18.5 Å². The molecule has 23 heavy (non-hydrogen) atoms. The highest BCUT2D eigenvalue weighted by atomic mass is 35.5. The summed E-state index contributed by atoms with van der Waals surface area (Å²) in [6, 6.07) is 8.35. The molecular formula is C16H18ClN3O3. The van der Waals surface area contributed by atoms with E-state index in [2.05, 4.69) is 0 Å². The van der Waals surface area contributed by atoms with E-state index >= 15 is 0 Å². The van der Waals surface area contributed by atoms with Crippen LogP contribution >= 0.6 is 11.6 Å². The number of hydrogen-bond donors (Lipinski definition) is 0. The molecule has 0 aliphatic carbocycles. The predicted octanol–water partition coefficient (Wildman–Crippen LogP) is 1.42. The molecule has 0 aliphatic heterocycles. The van der Waals surface area contributed by atoms with Crippen molar-refractivity contribution in [1.82, 2.24) is 14.0 Å². The van der Waals surface area contributed by atoms with E-state index in [9.17, 15) is 14.4 Å². The lowest BCUT2D eigenvalue weighted by molar-refractivity contribution is -0.132. The van der Waals surface area contributed by atoms with Crippen LogP contribution in [0.2, 0.25) is 5.02 Å². The van der Waals surface area contributed by atoms with Crippen molar-refractivity contribution in [3.63, 3.8) is 0 Å². The Hall–Kier alpha value is -2.34. The van der Waals surface area contributed by atoms with E-state index < -0.39 is 11.2 Å². The van der Waals surface area contributed by atoms with Crippen LogP contribution in [0.25, 0.3) is 0 Å². The Balaban J connectivity index is 2.19. The van der Waals surface area contributed by atoms with Crippen LogP contribution in [-0.4, -0.2) is 27.0 Å². The molecule has 0 fully saturated rings. The number of nitrogens with zero attached hydrogens (tertiary/aromatic N) is 3. The van der Waals surface area contributed by atoms with Crippen molar-refractivity contribution in [2.24, 2.45) is 7.05 Å². The summed E-state index contributed by atoms with van der Waals surface area (Å²) in [6.45, 7) is 1.75. The van der Waals surface area contributed by atoms with Gasteiger partial charge < -0.3 is 4.90 Å². The summed E-state index contributed by atoms with van der Waals surface area (Å²) >= 11 is 5.97. The third-order valence-electron chi connectivity index (χ3n) is 3.87. The molecule has 0 saturated carbocycles.